The second-order valence-corrected chi connectivity index (χ2v) is 5.21. The van der Waals surface area contributed by atoms with Crippen LogP contribution in [0.1, 0.15) is 29.6 Å². The number of hydrogen-bond donors (Lipinski definition) is 4. The van der Waals surface area contributed by atoms with Gasteiger partial charge in [-0.1, -0.05) is 23.2 Å². The zero-order chi connectivity index (χ0) is 14.7. The molecule has 1 fully saturated rings. The molecule has 6 nitrogen and oxygen atoms in total. The van der Waals surface area contributed by atoms with Gasteiger partial charge in [-0.25, -0.2) is 0 Å². The summed E-state index contributed by atoms with van der Waals surface area (Å²) in [4.78, 5) is 12.2. The number of carbonyl (C=O) groups excluding carboxylic acids is 1. The van der Waals surface area contributed by atoms with E-state index in [1.165, 1.54) is 18.2 Å². The van der Waals surface area contributed by atoms with Gasteiger partial charge in [-0.2, -0.15) is 0 Å². The molecular formula is C13H16ClN3O3. The molecule has 2 unspecified atom stereocenters. The summed E-state index contributed by atoms with van der Waals surface area (Å²) in [7, 11) is 0. The van der Waals surface area contributed by atoms with E-state index in [1.807, 2.05) is 0 Å². The van der Waals surface area contributed by atoms with Crippen LogP contribution in [0.4, 0.5) is 0 Å². The van der Waals surface area contributed by atoms with Crippen molar-refractivity contribution in [1.82, 2.24) is 5.32 Å². The summed E-state index contributed by atoms with van der Waals surface area (Å²) in [6.07, 6.45) is 2.40. The fraction of sp³-hybridized carbons (Fsp3) is 0.385. The fourth-order valence-corrected chi connectivity index (χ4v) is 2.70. The van der Waals surface area contributed by atoms with Crippen LogP contribution in [-0.4, -0.2) is 28.1 Å². The molecule has 0 saturated heterocycles. The average molecular weight is 298 g/mol. The Labute approximate surface area is 121 Å². The molecule has 1 aromatic rings. The number of hydrogen-bond acceptors (Lipinski definition) is 4. The summed E-state index contributed by atoms with van der Waals surface area (Å²) in [5.74, 6) is -0.470. The summed E-state index contributed by atoms with van der Waals surface area (Å²) >= 11 is 5.94. The second-order valence-electron chi connectivity index (χ2n) is 4.81. The number of phenolic OH excluding ortho intramolecular Hbond substituents is 1. The summed E-state index contributed by atoms with van der Waals surface area (Å²) < 4.78 is 0. The number of benzene rings is 1. The molecule has 0 spiro atoms. The van der Waals surface area contributed by atoms with Crippen molar-refractivity contribution in [2.75, 3.05) is 0 Å². The van der Waals surface area contributed by atoms with E-state index in [2.05, 4.69) is 10.5 Å². The quantitative estimate of drug-likeness (QED) is 0.295. The lowest BCUT2D eigenvalue weighted by Gasteiger charge is -2.20. The predicted molar refractivity (Wildman–Crippen MR) is 75.1 cm³/mol. The lowest BCUT2D eigenvalue weighted by Crippen LogP contribution is -2.42. The normalized spacial score (nSPS) is 22.8. The molecule has 0 aromatic heterocycles. The van der Waals surface area contributed by atoms with Crippen LogP contribution >= 0.6 is 11.6 Å². The number of amidine groups is 1. The average Bonchev–Trinajstić information content (AvgIpc) is 2.88. The van der Waals surface area contributed by atoms with Crippen molar-refractivity contribution in [1.29, 1.82) is 0 Å². The van der Waals surface area contributed by atoms with Crippen molar-refractivity contribution in [3.05, 3.63) is 28.8 Å². The zero-order valence-electron chi connectivity index (χ0n) is 10.7. The van der Waals surface area contributed by atoms with Gasteiger partial charge < -0.3 is 21.4 Å². The molecule has 0 heterocycles. The smallest absolute Gasteiger partial charge is 0.253 e. The first-order valence-electron chi connectivity index (χ1n) is 6.29. The van der Waals surface area contributed by atoms with Gasteiger partial charge in [0.25, 0.3) is 5.91 Å². The summed E-state index contributed by atoms with van der Waals surface area (Å²) in [6, 6.07) is 3.98. The van der Waals surface area contributed by atoms with Gasteiger partial charge in [-0.3, -0.25) is 4.79 Å². The zero-order valence-corrected chi connectivity index (χ0v) is 11.5. The van der Waals surface area contributed by atoms with Crippen LogP contribution in [0, 0.1) is 5.92 Å². The van der Waals surface area contributed by atoms with Crippen molar-refractivity contribution < 1.29 is 15.1 Å². The molecule has 1 aliphatic rings. The Hall–Kier alpha value is -1.95. The first-order chi connectivity index (χ1) is 9.52. The Morgan fingerprint density at radius 2 is 2.20 bits per heavy atom. The van der Waals surface area contributed by atoms with E-state index in [1.54, 1.807) is 0 Å². The SMILES string of the molecule is N/C(=N/O)C1CCCC1NC(=O)c1cc(O)ccc1Cl. The maximum atomic E-state index is 12.2. The molecule has 5 N–H and O–H groups in total. The van der Waals surface area contributed by atoms with Crippen LogP contribution in [0.25, 0.3) is 0 Å². The third-order valence-electron chi connectivity index (χ3n) is 3.52. The number of amides is 1. The van der Waals surface area contributed by atoms with E-state index >= 15 is 0 Å². The topological polar surface area (TPSA) is 108 Å². The molecule has 2 rings (SSSR count). The van der Waals surface area contributed by atoms with E-state index in [0.29, 0.717) is 0 Å². The van der Waals surface area contributed by atoms with Crippen LogP contribution in [0.5, 0.6) is 5.75 Å². The molecule has 2 atom stereocenters. The van der Waals surface area contributed by atoms with E-state index in [-0.39, 0.29) is 40.0 Å². The number of oxime groups is 1. The van der Waals surface area contributed by atoms with Gasteiger partial charge in [0.05, 0.1) is 10.6 Å². The number of rotatable bonds is 3. The minimum Gasteiger partial charge on any atom is -0.508 e. The largest absolute Gasteiger partial charge is 0.508 e. The third-order valence-corrected chi connectivity index (χ3v) is 3.85. The molecule has 108 valence electrons. The number of nitrogens with two attached hydrogens (primary N) is 1. The van der Waals surface area contributed by atoms with Crippen molar-refractivity contribution in [2.24, 2.45) is 16.8 Å². The van der Waals surface area contributed by atoms with Crippen LogP contribution in [-0.2, 0) is 0 Å². The highest BCUT2D eigenvalue weighted by Gasteiger charge is 2.32. The first kappa shape index (κ1) is 14.5. The van der Waals surface area contributed by atoms with Gasteiger partial charge in [0.1, 0.15) is 11.6 Å². The number of nitrogens with zero attached hydrogens (tertiary/aromatic N) is 1. The number of halogens is 1. The van der Waals surface area contributed by atoms with Crippen molar-refractivity contribution in [2.45, 2.75) is 25.3 Å². The van der Waals surface area contributed by atoms with Crippen LogP contribution in [0.2, 0.25) is 5.02 Å². The Balaban J connectivity index is 2.13. The maximum absolute atomic E-state index is 12.2. The molecule has 7 heteroatoms. The van der Waals surface area contributed by atoms with Crippen molar-refractivity contribution in [3.63, 3.8) is 0 Å². The second kappa shape index (κ2) is 6.00. The molecule has 1 aliphatic carbocycles. The molecule has 0 bridgehead atoms. The lowest BCUT2D eigenvalue weighted by atomic mass is 10.0. The number of nitrogens with one attached hydrogen (secondary N) is 1. The minimum absolute atomic E-state index is 0.0287. The highest BCUT2D eigenvalue weighted by atomic mass is 35.5. The molecule has 1 saturated carbocycles. The van der Waals surface area contributed by atoms with E-state index < -0.39 is 0 Å². The van der Waals surface area contributed by atoms with Gasteiger partial charge in [0.15, 0.2) is 0 Å². The van der Waals surface area contributed by atoms with Gasteiger partial charge in [-0.15, -0.1) is 0 Å². The number of aromatic hydroxyl groups is 1. The number of carbonyl (C=O) groups is 1. The fourth-order valence-electron chi connectivity index (χ4n) is 2.49. The van der Waals surface area contributed by atoms with Gasteiger partial charge >= 0.3 is 0 Å². The van der Waals surface area contributed by atoms with Crippen LogP contribution in [0.15, 0.2) is 23.4 Å². The van der Waals surface area contributed by atoms with Crippen LogP contribution in [0.3, 0.4) is 0 Å². The van der Waals surface area contributed by atoms with Crippen molar-refractivity contribution >= 4 is 23.3 Å². The van der Waals surface area contributed by atoms with Gasteiger partial charge in [0, 0.05) is 12.0 Å². The van der Waals surface area contributed by atoms with E-state index in [4.69, 9.17) is 22.5 Å². The summed E-state index contributed by atoms with van der Waals surface area (Å²) in [6.45, 7) is 0. The maximum Gasteiger partial charge on any atom is 0.253 e. The Bertz CT molecular complexity index is 548. The third kappa shape index (κ3) is 2.96. The highest BCUT2D eigenvalue weighted by Crippen LogP contribution is 2.27. The standard InChI is InChI=1S/C13H16ClN3O3/c14-10-5-4-7(18)6-9(10)13(19)16-11-3-1-2-8(11)12(15)17-20/h4-6,8,11,18,20H,1-3H2,(H2,15,17)(H,16,19). The predicted octanol–water partition coefficient (Wildman–Crippen LogP) is 1.69. The Morgan fingerprint density at radius 1 is 1.45 bits per heavy atom. The monoisotopic (exact) mass is 297 g/mol. The Morgan fingerprint density at radius 3 is 2.90 bits per heavy atom. The Kier molecular flexibility index (Phi) is 4.34. The lowest BCUT2D eigenvalue weighted by molar-refractivity contribution is 0.0933. The molecule has 1 aromatic carbocycles. The first-order valence-corrected chi connectivity index (χ1v) is 6.67. The van der Waals surface area contributed by atoms with E-state index in [0.717, 1.165) is 19.3 Å². The van der Waals surface area contributed by atoms with E-state index in [9.17, 15) is 9.90 Å². The molecule has 0 radical (unpaired) electrons. The van der Waals surface area contributed by atoms with Crippen molar-refractivity contribution in [3.8, 4) is 5.75 Å². The van der Waals surface area contributed by atoms with Crippen LogP contribution < -0.4 is 11.1 Å². The molecule has 1 amide bonds. The summed E-state index contributed by atoms with van der Waals surface area (Å²) in [5, 5.41) is 24.2. The molecule has 20 heavy (non-hydrogen) atoms. The number of phenols is 1. The van der Waals surface area contributed by atoms with Gasteiger partial charge in [-0.05, 0) is 31.0 Å². The molecular weight excluding hydrogens is 282 g/mol. The van der Waals surface area contributed by atoms with Gasteiger partial charge in [0.2, 0.25) is 0 Å². The molecule has 0 aliphatic heterocycles. The summed E-state index contributed by atoms with van der Waals surface area (Å²) in [5.41, 5.74) is 5.83. The minimum atomic E-state index is -0.381. The highest BCUT2D eigenvalue weighted by molar-refractivity contribution is 6.33.